The number of ether oxygens (including phenoxy) is 1. The second-order valence-electron chi connectivity index (χ2n) is 12.9. The van der Waals surface area contributed by atoms with E-state index in [4.69, 9.17) is 4.74 Å². The summed E-state index contributed by atoms with van der Waals surface area (Å²) >= 11 is 0. The molecule has 0 fully saturated rings. The number of aromatic nitrogens is 3. The van der Waals surface area contributed by atoms with E-state index >= 15 is 0 Å². The highest BCUT2D eigenvalue weighted by Gasteiger charge is 2.25. The second kappa shape index (κ2) is 16.3. The molecule has 0 aliphatic rings. The SMILES string of the molecule is CCCCCCCCc1ccc(C(=O)n2c(CCCc3ccc(OC(C)(C)C(C)=O)cc3)nn(Cc3ccc(C)cc3)c2=O)cc1. The van der Waals surface area contributed by atoms with Crippen LogP contribution in [0.1, 0.15) is 111 Å². The Hall–Kier alpha value is -4.26. The molecule has 0 amide bonds. The molecule has 0 bridgehead atoms. The number of rotatable bonds is 17. The molecule has 3 aromatic carbocycles. The summed E-state index contributed by atoms with van der Waals surface area (Å²) in [4.78, 5) is 39.2. The molecular weight excluding hydrogens is 574 g/mol. The summed E-state index contributed by atoms with van der Waals surface area (Å²) in [5, 5.41) is 4.66. The van der Waals surface area contributed by atoms with E-state index in [9.17, 15) is 14.4 Å². The number of nitrogens with zero attached hydrogens (tertiary/aromatic N) is 3. The van der Waals surface area contributed by atoms with Crippen molar-refractivity contribution in [2.24, 2.45) is 0 Å². The Balaban J connectivity index is 1.47. The first-order chi connectivity index (χ1) is 22.1. The van der Waals surface area contributed by atoms with Crippen molar-refractivity contribution in [3.05, 3.63) is 117 Å². The molecular formula is C39H49N3O4. The molecule has 7 heteroatoms. The molecule has 4 aromatic rings. The normalized spacial score (nSPS) is 11.5. The molecule has 0 aliphatic heterocycles. The van der Waals surface area contributed by atoms with Crippen molar-refractivity contribution >= 4 is 11.7 Å². The quantitative estimate of drug-likeness (QED) is 0.112. The van der Waals surface area contributed by atoms with Crippen LogP contribution < -0.4 is 10.4 Å². The Labute approximate surface area is 273 Å². The van der Waals surface area contributed by atoms with Crippen molar-refractivity contribution in [1.29, 1.82) is 0 Å². The smallest absolute Gasteiger partial charge is 0.353 e. The minimum atomic E-state index is -0.886. The summed E-state index contributed by atoms with van der Waals surface area (Å²) < 4.78 is 8.50. The van der Waals surface area contributed by atoms with Gasteiger partial charge in [0.1, 0.15) is 11.6 Å². The van der Waals surface area contributed by atoms with Crippen LogP contribution in [0.4, 0.5) is 0 Å². The van der Waals surface area contributed by atoms with E-state index in [0.717, 1.165) is 36.0 Å². The Kier molecular flexibility index (Phi) is 12.3. The zero-order chi connectivity index (χ0) is 33.1. The molecule has 0 unspecified atom stereocenters. The summed E-state index contributed by atoms with van der Waals surface area (Å²) in [5.74, 6) is 0.705. The van der Waals surface area contributed by atoms with Gasteiger partial charge in [-0.25, -0.2) is 14.0 Å². The van der Waals surface area contributed by atoms with Crippen molar-refractivity contribution in [3.8, 4) is 5.75 Å². The molecule has 1 heterocycles. The maximum atomic E-state index is 13.8. The van der Waals surface area contributed by atoms with E-state index in [0.29, 0.717) is 36.5 Å². The van der Waals surface area contributed by atoms with E-state index in [1.165, 1.54) is 53.8 Å². The average molecular weight is 624 g/mol. The number of unbranched alkanes of at least 4 members (excludes halogenated alkanes) is 5. The fourth-order valence-corrected chi connectivity index (χ4v) is 5.38. The third kappa shape index (κ3) is 9.62. The van der Waals surface area contributed by atoms with E-state index in [1.807, 2.05) is 79.7 Å². The summed E-state index contributed by atoms with van der Waals surface area (Å²) in [7, 11) is 0. The number of benzene rings is 3. The first-order valence-corrected chi connectivity index (χ1v) is 16.7. The Morgan fingerprint density at radius 2 is 1.30 bits per heavy atom. The second-order valence-corrected chi connectivity index (χ2v) is 12.9. The molecule has 4 rings (SSSR count). The van der Waals surface area contributed by atoms with E-state index in [2.05, 4.69) is 12.0 Å². The van der Waals surface area contributed by atoms with Crippen LogP contribution in [0.25, 0.3) is 0 Å². The Morgan fingerprint density at radius 1 is 0.739 bits per heavy atom. The van der Waals surface area contributed by atoms with Crippen molar-refractivity contribution in [1.82, 2.24) is 14.3 Å². The van der Waals surface area contributed by atoms with Gasteiger partial charge in [-0.3, -0.25) is 9.59 Å². The van der Waals surface area contributed by atoms with Gasteiger partial charge in [0.25, 0.3) is 5.91 Å². The molecule has 46 heavy (non-hydrogen) atoms. The number of hydrogen-bond donors (Lipinski definition) is 0. The van der Waals surface area contributed by atoms with Gasteiger partial charge in [-0.05, 0) is 94.3 Å². The van der Waals surface area contributed by atoms with Crippen LogP contribution in [-0.4, -0.2) is 31.6 Å². The molecule has 0 saturated heterocycles. The maximum absolute atomic E-state index is 13.8. The summed E-state index contributed by atoms with van der Waals surface area (Å²) in [5.41, 5.74) is 3.55. The monoisotopic (exact) mass is 623 g/mol. The van der Waals surface area contributed by atoms with E-state index in [1.54, 1.807) is 13.8 Å². The summed E-state index contributed by atoms with van der Waals surface area (Å²) in [6, 6.07) is 23.3. The predicted molar refractivity (Wildman–Crippen MR) is 184 cm³/mol. The largest absolute Gasteiger partial charge is 0.480 e. The number of ketones is 1. The van der Waals surface area contributed by atoms with Crippen LogP contribution in [0.2, 0.25) is 0 Å². The molecule has 244 valence electrons. The molecule has 0 saturated carbocycles. The molecule has 1 aromatic heterocycles. The standard InChI is InChI=1S/C39H49N3O4/c1-6-7-8-9-10-11-13-31-20-24-34(25-21-31)37(44)42-36(40-41(38(42)45)28-33-18-16-29(2)17-19-33)15-12-14-32-22-26-35(27-23-32)46-39(4,5)30(3)43/h16-27H,6-15,28H2,1-5H3. The molecule has 7 nitrogen and oxygen atoms in total. The van der Waals surface area contributed by atoms with Gasteiger partial charge < -0.3 is 4.74 Å². The third-order valence-corrected chi connectivity index (χ3v) is 8.59. The van der Waals surface area contributed by atoms with Crippen LogP contribution in [0.15, 0.2) is 77.6 Å². The molecule has 0 aliphatic carbocycles. The summed E-state index contributed by atoms with van der Waals surface area (Å²) in [6.07, 6.45) is 10.3. The summed E-state index contributed by atoms with van der Waals surface area (Å²) in [6.45, 7) is 9.58. The highest BCUT2D eigenvalue weighted by molar-refractivity contribution is 5.96. The van der Waals surface area contributed by atoms with E-state index in [-0.39, 0.29) is 11.7 Å². The maximum Gasteiger partial charge on any atom is 0.353 e. The average Bonchev–Trinajstić information content (AvgIpc) is 3.34. The van der Waals surface area contributed by atoms with Crippen molar-refractivity contribution < 1.29 is 14.3 Å². The molecule has 0 radical (unpaired) electrons. The van der Waals surface area contributed by atoms with Gasteiger partial charge in [-0.15, -0.1) is 0 Å². The third-order valence-electron chi connectivity index (χ3n) is 8.59. The van der Waals surface area contributed by atoms with Gasteiger partial charge in [0.05, 0.1) is 6.54 Å². The number of aryl methyl sites for hydroxylation is 4. The Bertz CT molecular complexity index is 1630. The van der Waals surface area contributed by atoms with Gasteiger partial charge in [0, 0.05) is 12.0 Å². The molecule has 0 spiro atoms. The van der Waals surface area contributed by atoms with Crippen molar-refractivity contribution in [3.63, 3.8) is 0 Å². The fraction of sp³-hybridized carbons (Fsp3) is 0.436. The zero-order valence-electron chi connectivity index (χ0n) is 28.2. The minimum absolute atomic E-state index is 0.0388. The van der Waals surface area contributed by atoms with Crippen LogP contribution in [0.5, 0.6) is 5.75 Å². The topological polar surface area (TPSA) is 83.2 Å². The van der Waals surface area contributed by atoms with Gasteiger partial charge in [0.2, 0.25) is 0 Å². The van der Waals surface area contributed by atoms with Crippen LogP contribution in [0.3, 0.4) is 0 Å². The van der Waals surface area contributed by atoms with Gasteiger partial charge in [-0.2, -0.15) is 5.10 Å². The lowest BCUT2D eigenvalue weighted by atomic mass is 10.0. The minimum Gasteiger partial charge on any atom is -0.480 e. The number of hydrogen-bond acceptors (Lipinski definition) is 5. The van der Waals surface area contributed by atoms with Crippen LogP contribution >= 0.6 is 0 Å². The van der Waals surface area contributed by atoms with Crippen LogP contribution in [-0.2, 0) is 30.6 Å². The van der Waals surface area contributed by atoms with Crippen molar-refractivity contribution in [2.75, 3.05) is 0 Å². The first-order valence-electron chi connectivity index (χ1n) is 16.7. The number of Topliss-reactive ketones (excluding diaryl/α,β-unsaturated/α-hetero) is 1. The van der Waals surface area contributed by atoms with Crippen molar-refractivity contribution in [2.45, 2.75) is 111 Å². The molecule has 0 N–H and O–H groups in total. The van der Waals surface area contributed by atoms with Gasteiger partial charge in [-0.1, -0.05) is 93.1 Å². The van der Waals surface area contributed by atoms with Gasteiger partial charge >= 0.3 is 5.69 Å². The lowest BCUT2D eigenvalue weighted by Crippen LogP contribution is -2.36. The lowest BCUT2D eigenvalue weighted by molar-refractivity contribution is -0.129. The molecule has 0 atom stereocenters. The number of carbonyl (C=O) groups excluding carboxylic acids is 2. The lowest BCUT2D eigenvalue weighted by Gasteiger charge is -2.23. The fourth-order valence-electron chi connectivity index (χ4n) is 5.38. The zero-order valence-corrected chi connectivity index (χ0v) is 28.2. The van der Waals surface area contributed by atoms with Gasteiger partial charge in [0.15, 0.2) is 11.4 Å². The number of carbonyl (C=O) groups is 2. The predicted octanol–water partition coefficient (Wildman–Crippen LogP) is 7.91. The first kappa shape index (κ1) is 34.6. The highest BCUT2D eigenvalue weighted by Crippen LogP contribution is 2.21. The van der Waals surface area contributed by atoms with Crippen LogP contribution in [0, 0.1) is 6.92 Å². The highest BCUT2D eigenvalue weighted by atomic mass is 16.5. The Morgan fingerprint density at radius 3 is 1.93 bits per heavy atom. The van der Waals surface area contributed by atoms with E-state index < -0.39 is 11.3 Å².